The molecule has 4 heteroatoms. The van der Waals surface area contributed by atoms with Crippen LogP contribution in [0.3, 0.4) is 0 Å². The van der Waals surface area contributed by atoms with Gasteiger partial charge in [0.25, 0.3) is 0 Å². The summed E-state index contributed by atoms with van der Waals surface area (Å²) >= 11 is 0. The van der Waals surface area contributed by atoms with Crippen molar-refractivity contribution >= 4 is 0 Å². The molecule has 0 unspecified atom stereocenters. The molecule has 54 valence electrons. The first-order chi connectivity index (χ1) is 4.22. The van der Waals surface area contributed by atoms with E-state index in [-0.39, 0.29) is 6.54 Å². The van der Waals surface area contributed by atoms with Gasteiger partial charge in [0.05, 0.1) is 0 Å². The lowest BCUT2D eigenvalue weighted by Gasteiger charge is -2.24. The number of hydrogen-bond acceptors (Lipinski definition) is 2. The molecule has 1 aliphatic rings. The van der Waals surface area contributed by atoms with Crippen LogP contribution in [0.15, 0.2) is 0 Å². The van der Waals surface area contributed by atoms with Crippen molar-refractivity contribution in [2.75, 3.05) is 13.1 Å². The number of hydrogen-bond donors (Lipinski definition) is 3. The van der Waals surface area contributed by atoms with Crippen LogP contribution >= 0.6 is 0 Å². The van der Waals surface area contributed by atoms with Crippen LogP contribution in [-0.4, -0.2) is 41.7 Å². The number of rotatable bonds is 0. The summed E-state index contributed by atoms with van der Waals surface area (Å²) in [4.78, 5) is 0. The van der Waals surface area contributed by atoms with Gasteiger partial charge in [-0.15, -0.1) is 0 Å². The van der Waals surface area contributed by atoms with Crippen LogP contribution in [0, 0.1) is 0 Å². The molecule has 0 aromatic heterocycles. The Bertz CT molecular complexity index is 91.0. The van der Waals surface area contributed by atoms with Gasteiger partial charge in [-0.2, -0.15) is 0 Å². The van der Waals surface area contributed by atoms with Crippen LogP contribution in [0.5, 0.6) is 0 Å². The highest BCUT2D eigenvalue weighted by Gasteiger charge is 2.32. The molecule has 1 saturated heterocycles. The lowest BCUT2D eigenvalue weighted by atomic mass is 10.1. The van der Waals surface area contributed by atoms with Gasteiger partial charge in [-0.05, 0) is 0 Å². The minimum Gasteiger partial charge on any atom is -0.387 e. The quantitative estimate of drug-likeness (QED) is 0.348. The van der Waals surface area contributed by atoms with Gasteiger partial charge in [-0.25, -0.2) is 4.39 Å². The van der Waals surface area contributed by atoms with Crippen molar-refractivity contribution in [3.05, 3.63) is 0 Å². The van der Waals surface area contributed by atoms with E-state index in [1.54, 1.807) is 5.32 Å². The van der Waals surface area contributed by atoms with E-state index in [9.17, 15) is 4.39 Å². The smallest absolute Gasteiger partial charge is 0.177 e. The second-order valence-electron chi connectivity index (χ2n) is 2.33. The predicted molar refractivity (Wildman–Crippen MR) is 28.6 cm³/mol. The second-order valence-corrected chi connectivity index (χ2v) is 2.33. The van der Waals surface area contributed by atoms with E-state index in [4.69, 9.17) is 10.2 Å². The van der Waals surface area contributed by atoms with Crippen molar-refractivity contribution in [3.63, 3.8) is 0 Å². The molecular formula is C5H11FNO2+. The molecule has 1 fully saturated rings. The maximum absolute atomic E-state index is 12.4. The van der Waals surface area contributed by atoms with Crippen molar-refractivity contribution in [1.82, 2.24) is 0 Å². The fourth-order valence-corrected chi connectivity index (χ4v) is 0.946. The average molecular weight is 136 g/mol. The van der Waals surface area contributed by atoms with Crippen molar-refractivity contribution in [2.24, 2.45) is 0 Å². The summed E-state index contributed by atoms with van der Waals surface area (Å²) in [6, 6.07) is 0. The van der Waals surface area contributed by atoms with Gasteiger partial charge in [0.15, 0.2) is 6.17 Å². The molecule has 1 aliphatic heterocycles. The van der Waals surface area contributed by atoms with Crippen molar-refractivity contribution in [1.29, 1.82) is 0 Å². The Kier molecular flexibility index (Phi) is 2.00. The molecule has 1 rings (SSSR count). The van der Waals surface area contributed by atoms with E-state index in [0.717, 1.165) is 0 Å². The van der Waals surface area contributed by atoms with Crippen LogP contribution in [0.2, 0.25) is 0 Å². The first-order valence-corrected chi connectivity index (χ1v) is 3.03. The lowest BCUT2D eigenvalue weighted by Crippen LogP contribution is -2.92. The lowest BCUT2D eigenvalue weighted by molar-refractivity contribution is -0.678. The standard InChI is InChI=1S/C5H10FNO2/c6-3-1-7-2-4(8)5(3)9/h3-5,7-9H,1-2H2/p+1/t3-,4+,5-/m1/s1. The molecule has 0 bridgehead atoms. The maximum Gasteiger partial charge on any atom is 0.177 e. The molecule has 4 N–H and O–H groups in total. The van der Waals surface area contributed by atoms with Crippen molar-refractivity contribution in [3.8, 4) is 0 Å². The largest absolute Gasteiger partial charge is 0.387 e. The molecule has 1 heterocycles. The van der Waals surface area contributed by atoms with E-state index < -0.39 is 18.4 Å². The highest BCUT2D eigenvalue weighted by Crippen LogP contribution is 2.03. The molecule has 0 spiro atoms. The number of alkyl halides is 1. The van der Waals surface area contributed by atoms with Gasteiger partial charge in [0.2, 0.25) is 0 Å². The fraction of sp³-hybridized carbons (Fsp3) is 1.00. The molecule has 0 aliphatic carbocycles. The van der Waals surface area contributed by atoms with Gasteiger partial charge in [-0.3, -0.25) is 0 Å². The summed E-state index contributed by atoms with van der Waals surface area (Å²) in [5.74, 6) is 0. The third-order valence-electron chi connectivity index (χ3n) is 1.56. The normalized spacial score (nSPS) is 45.0. The van der Waals surface area contributed by atoms with Gasteiger partial charge < -0.3 is 15.5 Å². The maximum atomic E-state index is 12.4. The monoisotopic (exact) mass is 136 g/mol. The Morgan fingerprint density at radius 3 is 2.44 bits per heavy atom. The minimum atomic E-state index is -1.27. The highest BCUT2D eigenvalue weighted by molar-refractivity contribution is 4.76. The summed E-state index contributed by atoms with van der Waals surface area (Å²) in [6.45, 7) is 0.666. The Hall–Kier alpha value is -0.190. The van der Waals surface area contributed by atoms with Crippen molar-refractivity contribution < 1.29 is 19.9 Å². The van der Waals surface area contributed by atoms with Crippen molar-refractivity contribution in [2.45, 2.75) is 18.4 Å². The fourth-order valence-electron chi connectivity index (χ4n) is 0.946. The number of halogens is 1. The predicted octanol–water partition coefficient (Wildman–Crippen LogP) is -2.38. The molecule has 3 nitrogen and oxygen atoms in total. The van der Waals surface area contributed by atoms with Gasteiger partial charge in [0, 0.05) is 0 Å². The highest BCUT2D eigenvalue weighted by atomic mass is 19.1. The topological polar surface area (TPSA) is 57.1 Å². The third-order valence-corrected chi connectivity index (χ3v) is 1.56. The Morgan fingerprint density at radius 2 is 2.00 bits per heavy atom. The number of quaternary nitrogens is 1. The molecule has 0 aromatic rings. The van der Waals surface area contributed by atoms with E-state index in [1.807, 2.05) is 0 Å². The van der Waals surface area contributed by atoms with Crippen LogP contribution in [0.1, 0.15) is 0 Å². The Labute approximate surface area is 52.5 Å². The number of aliphatic hydroxyl groups is 2. The van der Waals surface area contributed by atoms with E-state index in [1.165, 1.54) is 0 Å². The molecule has 9 heavy (non-hydrogen) atoms. The SMILES string of the molecule is O[C@@H]1[C@H](F)C[NH2+]C[C@@H]1O. The van der Waals surface area contributed by atoms with Crippen LogP contribution < -0.4 is 5.32 Å². The molecular weight excluding hydrogens is 125 g/mol. The molecule has 0 amide bonds. The van der Waals surface area contributed by atoms with E-state index in [2.05, 4.69) is 0 Å². The average Bonchev–Trinajstić information content (AvgIpc) is 1.83. The minimum absolute atomic E-state index is 0.262. The molecule has 0 aromatic carbocycles. The number of piperidine rings is 1. The first kappa shape index (κ1) is 6.92. The summed E-state index contributed by atoms with van der Waals surface area (Å²) in [6.07, 6.45) is -3.34. The first-order valence-electron chi connectivity index (χ1n) is 3.03. The van der Waals surface area contributed by atoms with Crippen LogP contribution in [-0.2, 0) is 0 Å². The number of nitrogens with two attached hydrogens (primary N) is 1. The van der Waals surface area contributed by atoms with Crippen LogP contribution in [0.4, 0.5) is 4.39 Å². The summed E-state index contributed by atoms with van der Waals surface area (Å²) < 4.78 is 12.4. The van der Waals surface area contributed by atoms with Gasteiger partial charge in [0.1, 0.15) is 25.3 Å². The number of aliphatic hydroxyl groups excluding tert-OH is 2. The summed E-state index contributed by atoms with van der Waals surface area (Å²) in [5.41, 5.74) is 0. The molecule has 0 radical (unpaired) electrons. The van der Waals surface area contributed by atoms with Crippen LogP contribution in [0.25, 0.3) is 0 Å². The summed E-state index contributed by atoms with van der Waals surface area (Å²) in [5, 5.41) is 19.3. The van der Waals surface area contributed by atoms with E-state index in [0.29, 0.717) is 6.54 Å². The molecule has 0 saturated carbocycles. The van der Waals surface area contributed by atoms with Gasteiger partial charge >= 0.3 is 0 Å². The zero-order chi connectivity index (χ0) is 6.85. The summed E-state index contributed by atoms with van der Waals surface area (Å²) in [7, 11) is 0. The zero-order valence-corrected chi connectivity index (χ0v) is 5.00. The second kappa shape index (κ2) is 2.60. The molecule has 3 atom stereocenters. The third kappa shape index (κ3) is 1.38. The Balaban J connectivity index is 2.41. The Morgan fingerprint density at radius 1 is 1.33 bits per heavy atom. The zero-order valence-electron chi connectivity index (χ0n) is 5.00. The van der Waals surface area contributed by atoms with Gasteiger partial charge in [-0.1, -0.05) is 0 Å². The van der Waals surface area contributed by atoms with E-state index >= 15 is 0 Å².